The lowest BCUT2D eigenvalue weighted by molar-refractivity contribution is 0.101. The summed E-state index contributed by atoms with van der Waals surface area (Å²) >= 11 is 0. The van der Waals surface area contributed by atoms with Crippen molar-refractivity contribution in [1.29, 1.82) is 0 Å². The minimum absolute atomic E-state index is 0.213. The molecule has 3 N–H and O–H groups in total. The van der Waals surface area contributed by atoms with Gasteiger partial charge in [-0.2, -0.15) is 0 Å². The fraction of sp³-hybridized carbons (Fsp3) is 0. The third-order valence-corrected chi connectivity index (χ3v) is 5.29. The predicted octanol–water partition coefficient (Wildman–Crippen LogP) is 5.04. The Bertz CT molecular complexity index is 1340. The summed E-state index contributed by atoms with van der Waals surface area (Å²) in [6.07, 6.45) is 8.06. The normalized spacial score (nSPS) is 10.5. The Morgan fingerprint density at radius 3 is 1.63 bits per heavy atom. The number of amides is 2. The highest BCUT2D eigenvalue weighted by Gasteiger charge is 2.09. The maximum absolute atomic E-state index is 12.3. The monoisotopic (exact) mass is 460 g/mol. The number of pyridine rings is 2. The van der Waals surface area contributed by atoms with Crippen molar-refractivity contribution < 1.29 is 9.59 Å². The Kier molecular flexibility index (Phi) is 6.08. The highest BCUT2D eigenvalue weighted by molar-refractivity contribution is 6.04. The number of carbonyl (C=O) groups excluding carboxylic acids is 2. The second kappa shape index (κ2) is 9.80. The first-order chi connectivity index (χ1) is 17.2. The van der Waals surface area contributed by atoms with E-state index in [1.165, 1.54) is 12.4 Å². The second-order valence-electron chi connectivity index (χ2n) is 7.69. The van der Waals surface area contributed by atoms with Gasteiger partial charge in [-0.25, -0.2) is 4.98 Å². The van der Waals surface area contributed by atoms with Gasteiger partial charge in [0.15, 0.2) is 0 Å². The maximum atomic E-state index is 12.3. The first-order valence-electron chi connectivity index (χ1n) is 10.8. The van der Waals surface area contributed by atoms with E-state index in [1.54, 1.807) is 42.9 Å². The summed E-state index contributed by atoms with van der Waals surface area (Å²) in [4.78, 5) is 40.3. The number of H-pyrrole nitrogens is 1. The standard InChI is InChI=1S/C27H20N6O2/c34-26(20-3-1-13-28-15-20)31-22-9-5-18(6-10-22)24-17-30-25(33-24)19-7-11-23(12-8-19)32-27(35)21-4-2-14-29-16-21/h1-17H,(H,30,33)(H,31,34)(H,32,35). The molecule has 0 aliphatic rings. The Balaban J connectivity index is 1.24. The fourth-order valence-corrected chi connectivity index (χ4v) is 3.46. The molecule has 5 rings (SSSR count). The zero-order chi connectivity index (χ0) is 24.0. The van der Waals surface area contributed by atoms with Gasteiger partial charge >= 0.3 is 0 Å². The lowest BCUT2D eigenvalue weighted by Crippen LogP contribution is -2.11. The number of carbonyl (C=O) groups is 2. The first-order valence-corrected chi connectivity index (χ1v) is 10.8. The molecule has 0 fully saturated rings. The summed E-state index contributed by atoms with van der Waals surface area (Å²) in [6.45, 7) is 0. The number of benzene rings is 2. The number of nitrogens with one attached hydrogen (secondary N) is 3. The number of imidazole rings is 1. The molecule has 5 aromatic rings. The summed E-state index contributed by atoms with van der Waals surface area (Å²) < 4.78 is 0. The van der Waals surface area contributed by atoms with Gasteiger partial charge in [0.25, 0.3) is 11.8 Å². The van der Waals surface area contributed by atoms with Crippen LogP contribution < -0.4 is 10.6 Å². The van der Waals surface area contributed by atoms with Crippen molar-refractivity contribution in [2.24, 2.45) is 0 Å². The molecule has 2 aromatic carbocycles. The SMILES string of the molecule is O=C(Nc1ccc(-c2cnc(-c3ccc(NC(=O)c4cccnc4)cc3)[nH]2)cc1)c1cccnc1. The van der Waals surface area contributed by atoms with Crippen LogP contribution in [0.2, 0.25) is 0 Å². The fourth-order valence-electron chi connectivity index (χ4n) is 3.46. The van der Waals surface area contributed by atoms with E-state index in [0.717, 1.165) is 16.8 Å². The summed E-state index contributed by atoms with van der Waals surface area (Å²) in [6, 6.07) is 21.8. The Hall–Kier alpha value is -5.11. The van der Waals surface area contributed by atoms with E-state index in [9.17, 15) is 9.59 Å². The molecule has 0 saturated heterocycles. The molecule has 3 heterocycles. The quantitative estimate of drug-likeness (QED) is 0.329. The molecule has 3 aromatic heterocycles. The van der Waals surface area contributed by atoms with Crippen LogP contribution >= 0.6 is 0 Å². The van der Waals surface area contributed by atoms with Crippen molar-refractivity contribution in [3.05, 3.63) is 115 Å². The number of anilines is 2. The zero-order valence-corrected chi connectivity index (χ0v) is 18.5. The molecule has 2 amide bonds. The predicted molar refractivity (Wildman–Crippen MR) is 134 cm³/mol. The van der Waals surface area contributed by atoms with Crippen LogP contribution in [0.1, 0.15) is 20.7 Å². The van der Waals surface area contributed by atoms with Crippen molar-refractivity contribution in [2.45, 2.75) is 0 Å². The second-order valence-corrected chi connectivity index (χ2v) is 7.69. The highest BCUT2D eigenvalue weighted by atomic mass is 16.2. The van der Waals surface area contributed by atoms with E-state index in [1.807, 2.05) is 48.5 Å². The molecule has 0 atom stereocenters. The molecule has 0 aliphatic carbocycles. The molecule has 8 heteroatoms. The average molecular weight is 460 g/mol. The number of aromatic amines is 1. The Labute approximate surface area is 201 Å². The topological polar surface area (TPSA) is 113 Å². The zero-order valence-electron chi connectivity index (χ0n) is 18.5. The maximum Gasteiger partial charge on any atom is 0.257 e. The molecule has 0 bridgehead atoms. The van der Waals surface area contributed by atoms with Gasteiger partial charge < -0.3 is 15.6 Å². The van der Waals surface area contributed by atoms with Crippen molar-refractivity contribution in [3.8, 4) is 22.6 Å². The van der Waals surface area contributed by atoms with E-state index in [4.69, 9.17) is 0 Å². The lowest BCUT2D eigenvalue weighted by Gasteiger charge is -2.06. The molecule has 8 nitrogen and oxygen atoms in total. The third kappa shape index (κ3) is 5.12. The van der Waals surface area contributed by atoms with Crippen LogP contribution in [0.5, 0.6) is 0 Å². The molecular formula is C27H20N6O2. The Morgan fingerprint density at radius 1 is 0.629 bits per heavy atom. The van der Waals surface area contributed by atoms with Gasteiger partial charge in [-0.3, -0.25) is 19.6 Å². The minimum Gasteiger partial charge on any atom is -0.338 e. The number of hydrogen-bond donors (Lipinski definition) is 3. The van der Waals surface area contributed by atoms with Crippen LogP contribution in [0.25, 0.3) is 22.6 Å². The van der Waals surface area contributed by atoms with Crippen LogP contribution in [-0.2, 0) is 0 Å². The first kappa shape index (κ1) is 21.7. The van der Waals surface area contributed by atoms with Crippen molar-refractivity contribution in [1.82, 2.24) is 19.9 Å². The molecule has 0 unspecified atom stereocenters. The van der Waals surface area contributed by atoms with Crippen molar-refractivity contribution >= 4 is 23.2 Å². The number of nitrogens with zero attached hydrogens (tertiary/aromatic N) is 3. The number of rotatable bonds is 6. The van der Waals surface area contributed by atoms with E-state index in [0.29, 0.717) is 28.3 Å². The van der Waals surface area contributed by atoms with Crippen molar-refractivity contribution in [3.63, 3.8) is 0 Å². The van der Waals surface area contributed by atoms with E-state index in [2.05, 4.69) is 30.6 Å². The third-order valence-electron chi connectivity index (χ3n) is 5.29. The highest BCUT2D eigenvalue weighted by Crippen LogP contribution is 2.25. The summed E-state index contributed by atoms with van der Waals surface area (Å²) in [5.74, 6) is 0.278. The molecule has 35 heavy (non-hydrogen) atoms. The largest absolute Gasteiger partial charge is 0.338 e. The summed E-state index contributed by atoms with van der Waals surface area (Å²) in [5, 5.41) is 5.71. The average Bonchev–Trinajstić information content (AvgIpc) is 3.41. The molecule has 0 saturated carbocycles. The Morgan fingerprint density at radius 2 is 1.14 bits per heavy atom. The summed E-state index contributed by atoms with van der Waals surface area (Å²) in [5.41, 5.74) is 5.02. The van der Waals surface area contributed by atoms with Crippen LogP contribution in [0.15, 0.2) is 104 Å². The van der Waals surface area contributed by atoms with Gasteiger partial charge in [-0.05, 0) is 66.2 Å². The van der Waals surface area contributed by atoms with E-state index < -0.39 is 0 Å². The number of aromatic nitrogens is 4. The molecule has 0 aliphatic heterocycles. The van der Waals surface area contributed by atoms with Crippen LogP contribution in [0.4, 0.5) is 11.4 Å². The van der Waals surface area contributed by atoms with Crippen LogP contribution in [-0.4, -0.2) is 31.8 Å². The van der Waals surface area contributed by atoms with Gasteiger partial charge in [-0.1, -0.05) is 12.1 Å². The lowest BCUT2D eigenvalue weighted by atomic mass is 10.1. The van der Waals surface area contributed by atoms with Crippen molar-refractivity contribution in [2.75, 3.05) is 10.6 Å². The van der Waals surface area contributed by atoms with Gasteiger partial charge in [0.1, 0.15) is 5.82 Å². The smallest absolute Gasteiger partial charge is 0.257 e. The van der Waals surface area contributed by atoms with Crippen LogP contribution in [0, 0.1) is 0 Å². The van der Waals surface area contributed by atoms with Gasteiger partial charge in [0.05, 0.1) is 23.0 Å². The molecule has 0 radical (unpaired) electrons. The van der Waals surface area contributed by atoms with Gasteiger partial charge in [0, 0.05) is 41.7 Å². The van der Waals surface area contributed by atoms with E-state index >= 15 is 0 Å². The molecule has 170 valence electrons. The van der Waals surface area contributed by atoms with Crippen LogP contribution in [0.3, 0.4) is 0 Å². The number of hydrogen-bond acceptors (Lipinski definition) is 5. The van der Waals surface area contributed by atoms with Gasteiger partial charge in [0.2, 0.25) is 0 Å². The molecule has 0 spiro atoms. The summed E-state index contributed by atoms with van der Waals surface area (Å²) in [7, 11) is 0. The van der Waals surface area contributed by atoms with Gasteiger partial charge in [-0.15, -0.1) is 0 Å². The molecular weight excluding hydrogens is 440 g/mol. The van der Waals surface area contributed by atoms with E-state index in [-0.39, 0.29) is 11.8 Å². The minimum atomic E-state index is -0.216.